The highest BCUT2D eigenvalue weighted by Crippen LogP contribution is 2.25. The molecule has 2 heterocycles. The summed E-state index contributed by atoms with van der Waals surface area (Å²) in [6.07, 6.45) is 12.8. The number of nitrogens with zero attached hydrogens (tertiary/aromatic N) is 4. The first-order valence-corrected chi connectivity index (χ1v) is 16.4. The third kappa shape index (κ3) is 13.3. The maximum Gasteiger partial charge on any atom is 0.248 e. The molecular formula is C35H53FN4O5. The van der Waals surface area contributed by atoms with Crippen molar-refractivity contribution in [2.45, 2.75) is 105 Å². The number of halogens is 1. The molecule has 1 amide bonds. The maximum atomic E-state index is 13.0. The number of likely N-dealkylation sites (N-methyl/N-ethyl adjacent to an activating group) is 1. The van der Waals surface area contributed by atoms with Crippen LogP contribution >= 0.6 is 0 Å². The number of carbonyl (C=O) groups is 2. The number of fused-ring (bicyclic) bond motifs is 1. The third-order valence-corrected chi connectivity index (χ3v) is 8.02. The number of aliphatic hydroxyl groups is 1. The molecule has 1 aromatic heterocycles. The molecule has 1 saturated heterocycles. The molecule has 1 aliphatic carbocycles. The minimum atomic E-state index is -0.357. The summed E-state index contributed by atoms with van der Waals surface area (Å²) in [5.41, 5.74) is 3.80. The molecule has 1 unspecified atom stereocenters. The molecule has 2 aromatic rings. The Morgan fingerprint density at radius 1 is 1.09 bits per heavy atom. The van der Waals surface area contributed by atoms with Crippen molar-refractivity contribution in [2.24, 2.45) is 0 Å². The third-order valence-electron chi connectivity index (χ3n) is 8.02. The first-order chi connectivity index (χ1) is 21.6. The van der Waals surface area contributed by atoms with Gasteiger partial charge < -0.3 is 19.6 Å². The minimum Gasteiger partial charge on any atom is -0.490 e. The first kappa shape index (κ1) is 37.9. The van der Waals surface area contributed by atoms with E-state index in [0.717, 1.165) is 93.7 Å². The van der Waals surface area contributed by atoms with Crippen molar-refractivity contribution >= 4 is 23.7 Å². The standard InChI is InChI=1S/C16H25FO.C12H14N2O2.C7H14N2O2/c1-4-6-7-9-15(8-5-2)18-16-11-10-14(17)12-13(16)3;1-9(16)8-14-12-5-3-2-4-10(12)11(13-14)6-7-15;1-8-2-4-9(5-3-8)7(11)6-10/h10-12,15H,4-9H2,1-3H3;6H,2-5,8H2,1H3;10H,2-6H2,1H3. The highest BCUT2D eigenvalue weighted by molar-refractivity contribution is 5.77. The summed E-state index contributed by atoms with van der Waals surface area (Å²) in [5, 5.41) is 12.8. The van der Waals surface area contributed by atoms with Crippen molar-refractivity contribution in [1.82, 2.24) is 19.6 Å². The molecule has 4 rings (SSSR count). The van der Waals surface area contributed by atoms with Crippen molar-refractivity contribution in [3.05, 3.63) is 46.5 Å². The molecule has 1 aliphatic heterocycles. The fourth-order valence-corrected chi connectivity index (χ4v) is 5.50. The number of hydrogen-bond donors (Lipinski definition) is 1. The van der Waals surface area contributed by atoms with Gasteiger partial charge in [-0.1, -0.05) is 33.1 Å². The van der Waals surface area contributed by atoms with Crippen LogP contribution in [0.4, 0.5) is 4.39 Å². The van der Waals surface area contributed by atoms with Crippen LogP contribution in [-0.2, 0) is 33.8 Å². The van der Waals surface area contributed by atoms with Gasteiger partial charge in [-0.3, -0.25) is 14.3 Å². The zero-order valence-electron chi connectivity index (χ0n) is 27.9. The van der Waals surface area contributed by atoms with Gasteiger partial charge in [0.25, 0.3) is 0 Å². The molecule has 2 aliphatic rings. The lowest BCUT2D eigenvalue weighted by Gasteiger charge is -2.31. The monoisotopic (exact) mass is 628 g/mol. The molecule has 0 bridgehead atoms. The average molecular weight is 629 g/mol. The van der Waals surface area contributed by atoms with Gasteiger partial charge in [-0.15, -0.1) is 0 Å². The number of carbonyl (C=O) groups excluding carboxylic acids is 3. The Labute approximate surface area is 268 Å². The molecule has 250 valence electrons. The van der Waals surface area contributed by atoms with Gasteiger partial charge in [-0.25, -0.2) is 9.18 Å². The predicted molar refractivity (Wildman–Crippen MR) is 175 cm³/mol. The number of rotatable bonds is 12. The molecule has 1 aromatic carbocycles. The van der Waals surface area contributed by atoms with Crippen LogP contribution in [0.1, 0.15) is 94.7 Å². The molecule has 1 atom stereocenters. The number of Topliss-reactive ketones (excluding diaryl/α,β-unsaturated/α-hetero) is 1. The number of benzene rings is 1. The number of aromatic nitrogens is 2. The molecule has 0 saturated carbocycles. The Kier molecular flexibility index (Phi) is 17.4. The summed E-state index contributed by atoms with van der Waals surface area (Å²) in [7, 11) is 2.03. The van der Waals surface area contributed by atoms with E-state index in [2.05, 4.69) is 23.8 Å². The van der Waals surface area contributed by atoms with E-state index < -0.39 is 0 Å². The summed E-state index contributed by atoms with van der Waals surface area (Å²) in [6.45, 7) is 11.1. The number of amides is 1. The zero-order valence-corrected chi connectivity index (χ0v) is 27.9. The lowest BCUT2D eigenvalue weighted by molar-refractivity contribution is -0.135. The van der Waals surface area contributed by atoms with E-state index in [-0.39, 0.29) is 30.2 Å². The normalized spacial score (nSPS) is 15.0. The van der Waals surface area contributed by atoms with Gasteiger partial charge in [0, 0.05) is 37.4 Å². The van der Waals surface area contributed by atoms with Gasteiger partial charge in [-0.05, 0) is 89.6 Å². The van der Waals surface area contributed by atoms with Gasteiger partial charge >= 0.3 is 0 Å². The lowest BCUT2D eigenvalue weighted by Crippen LogP contribution is -2.48. The van der Waals surface area contributed by atoms with Crippen LogP contribution in [0.5, 0.6) is 5.75 Å². The Balaban J connectivity index is 0.000000242. The van der Waals surface area contributed by atoms with Gasteiger partial charge in [0.15, 0.2) is 5.78 Å². The van der Waals surface area contributed by atoms with Crippen LogP contribution in [0.15, 0.2) is 18.2 Å². The number of aliphatic hydroxyl groups excluding tert-OH is 1. The van der Waals surface area contributed by atoms with E-state index in [1.54, 1.807) is 28.5 Å². The summed E-state index contributed by atoms with van der Waals surface area (Å²) >= 11 is 0. The molecule has 0 spiro atoms. The molecular weight excluding hydrogens is 575 g/mol. The summed E-state index contributed by atoms with van der Waals surface area (Å²) in [6, 6.07) is 4.74. The highest BCUT2D eigenvalue weighted by Gasteiger charge is 2.20. The van der Waals surface area contributed by atoms with Crippen LogP contribution in [0.2, 0.25) is 0 Å². The van der Waals surface area contributed by atoms with Crippen molar-refractivity contribution in [3.63, 3.8) is 0 Å². The molecule has 9 nitrogen and oxygen atoms in total. The van der Waals surface area contributed by atoms with Crippen LogP contribution < -0.4 is 4.74 Å². The van der Waals surface area contributed by atoms with E-state index in [0.29, 0.717) is 12.2 Å². The SMILES string of the molecule is CC(=O)Cn1nc(C=C=O)c2c1CCCC2.CCCCCC(CCC)Oc1ccc(F)cc1C.CN1CCN(C(=O)CO)CC1. The van der Waals surface area contributed by atoms with Crippen molar-refractivity contribution < 1.29 is 28.6 Å². The highest BCUT2D eigenvalue weighted by atomic mass is 19.1. The number of unbranched alkanes of at least 4 members (excludes halogenated alkanes) is 2. The Morgan fingerprint density at radius 2 is 1.80 bits per heavy atom. The Morgan fingerprint density at radius 3 is 2.40 bits per heavy atom. The van der Waals surface area contributed by atoms with Crippen molar-refractivity contribution in [3.8, 4) is 5.75 Å². The van der Waals surface area contributed by atoms with Gasteiger partial charge in [-0.2, -0.15) is 5.10 Å². The van der Waals surface area contributed by atoms with E-state index in [9.17, 15) is 18.8 Å². The van der Waals surface area contributed by atoms with Gasteiger partial charge in [0.05, 0.1) is 24.4 Å². The van der Waals surface area contributed by atoms with Crippen LogP contribution in [-0.4, -0.2) is 88.3 Å². The Bertz CT molecular complexity index is 1250. The largest absolute Gasteiger partial charge is 0.490 e. The lowest BCUT2D eigenvalue weighted by atomic mass is 9.95. The van der Waals surface area contributed by atoms with E-state index >= 15 is 0 Å². The maximum absolute atomic E-state index is 13.0. The Hall–Kier alpha value is -3.33. The molecule has 10 heteroatoms. The summed E-state index contributed by atoms with van der Waals surface area (Å²) in [5.74, 6) is 2.32. The summed E-state index contributed by atoms with van der Waals surface area (Å²) < 4.78 is 20.8. The number of piperazine rings is 1. The van der Waals surface area contributed by atoms with Crippen LogP contribution in [0, 0.1) is 12.7 Å². The van der Waals surface area contributed by atoms with Crippen molar-refractivity contribution in [2.75, 3.05) is 39.8 Å². The second-order valence-electron chi connectivity index (χ2n) is 11.9. The average Bonchev–Trinajstić information content (AvgIpc) is 3.36. The fourth-order valence-electron chi connectivity index (χ4n) is 5.50. The smallest absolute Gasteiger partial charge is 0.248 e. The minimum absolute atomic E-state index is 0.0810. The fraction of sp³-hybridized carbons (Fsp3) is 0.629. The van der Waals surface area contributed by atoms with Crippen molar-refractivity contribution in [1.29, 1.82) is 0 Å². The molecule has 45 heavy (non-hydrogen) atoms. The van der Waals surface area contributed by atoms with E-state index in [1.807, 2.05) is 14.0 Å². The zero-order chi connectivity index (χ0) is 33.2. The molecule has 1 N–H and O–H groups in total. The predicted octanol–water partition coefficient (Wildman–Crippen LogP) is 5.21. The van der Waals surface area contributed by atoms with Gasteiger partial charge in [0.1, 0.15) is 24.1 Å². The molecule has 1 fully saturated rings. The van der Waals surface area contributed by atoms with E-state index in [1.165, 1.54) is 37.5 Å². The first-order valence-electron chi connectivity index (χ1n) is 16.4. The number of ketones is 1. The molecule has 0 radical (unpaired) electrons. The van der Waals surface area contributed by atoms with Crippen LogP contribution in [0.3, 0.4) is 0 Å². The second-order valence-corrected chi connectivity index (χ2v) is 11.9. The quantitative estimate of drug-likeness (QED) is 0.254. The van der Waals surface area contributed by atoms with E-state index in [4.69, 9.17) is 9.84 Å². The number of ether oxygens (including phenoxy) is 1. The number of hydrogen-bond acceptors (Lipinski definition) is 7. The number of aryl methyl sites for hydroxylation is 1. The second kappa shape index (κ2) is 20.7. The summed E-state index contributed by atoms with van der Waals surface area (Å²) in [4.78, 5) is 36.3. The van der Waals surface area contributed by atoms with Crippen LogP contribution in [0.25, 0.3) is 6.08 Å². The van der Waals surface area contributed by atoms with Gasteiger partial charge in [0.2, 0.25) is 5.91 Å². The topological polar surface area (TPSA) is 105 Å².